The van der Waals surface area contributed by atoms with E-state index in [1.807, 2.05) is 6.07 Å². The molecule has 9 nitrogen and oxygen atoms in total. The zero-order valence-corrected chi connectivity index (χ0v) is 20.4. The molecule has 4 aromatic rings. The van der Waals surface area contributed by atoms with E-state index in [0.29, 0.717) is 69.2 Å². The molecular weight excluding hydrogens is 496 g/mol. The first-order valence-corrected chi connectivity index (χ1v) is 12.0. The normalized spacial score (nSPS) is 14.8. The summed E-state index contributed by atoms with van der Waals surface area (Å²) in [4.78, 5) is 8.60. The molecule has 5 rings (SSSR count). The number of aromatic nitrogens is 2. The van der Waals surface area contributed by atoms with Crippen LogP contribution in [0.2, 0.25) is 5.02 Å². The molecule has 188 valence electrons. The van der Waals surface area contributed by atoms with E-state index in [9.17, 15) is 10.4 Å². The number of fused-ring (bicyclic) bond motifs is 1. The third-order valence-corrected chi connectivity index (χ3v) is 5.93. The molecule has 0 aliphatic carbocycles. The van der Waals surface area contributed by atoms with E-state index in [1.54, 1.807) is 48.7 Å². The number of hydrogen-bond donors (Lipinski definition) is 2. The molecule has 2 N–H and O–H groups in total. The molecule has 0 radical (unpaired) electrons. The molecule has 3 heterocycles. The number of nitriles is 1. The SMILES string of the molecule is N#Cc1cnc2cc(OC3CCOC3)c(OCCO)cc2c1Nc1ccc(Oc2ccccn2)c(Cl)c1. The Morgan fingerprint density at radius 2 is 2.05 bits per heavy atom. The van der Waals surface area contributed by atoms with Crippen LogP contribution in [0.15, 0.2) is 60.9 Å². The van der Waals surface area contributed by atoms with E-state index in [4.69, 9.17) is 30.5 Å². The summed E-state index contributed by atoms with van der Waals surface area (Å²) in [6.07, 6.45) is 3.81. The summed E-state index contributed by atoms with van der Waals surface area (Å²) in [5, 5.41) is 23.4. The lowest BCUT2D eigenvalue weighted by molar-refractivity contribution is 0.135. The highest BCUT2D eigenvalue weighted by molar-refractivity contribution is 6.32. The number of halogens is 1. The van der Waals surface area contributed by atoms with Gasteiger partial charge in [0, 0.05) is 42.0 Å². The molecule has 1 aliphatic rings. The van der Waals surface area contributed by atoms with Crippen molar-refractivity contribution in [1.82, 2.24) is 9.97 Å². The summed E-state index contributed by atoms with van der Waals surface area (Å²) in [5.74, 6) is 1.81. The fourth-order valence-corrected chi connectivity index (χ4v) is 4.11. The third-order valence-electron chi connectivity index (χ3n) is 5.64. The summed E-state index contributed by atoms with van der Waals surface area (Å²) in [6.45, 7) is 1.06. The Bertz CT molecular complexity index is 1440. The van der Waals surface area contributed by atoms with E-state index >= 15 is 0 Å². The fraction of sp³-hybridized carbons (Fsp3) is 0.222. The standard InChI is InChI=1S/C27H23ClN4O5/c28-21-11-18(4-5-23(21)37-26-3-1-2-7-30-26)32-27-17(14-29)15-31-22-13-25(36-19-6-9-34-16-19)24(12-20(22)27)35-10-8-33/h1-5,7,11-13,15,19,33H,6,8-10,16H2,(H,31,32). The van der Waals surface area contributed by atoms with Crippen LogP contribution < -0.4 is 19.5 Å². The molecule has 0 amide bonds. The summed E-state index contributed by atoms with van der Waals surface area (Å²) in [5.41, 5.74) is 2.12. The Balaban J connectivity index is 1.49. The van der Waals surface area contributed by atoms with Crippen LogP contribution in [0.1, 0.15) is 12.0 Å². The Morgan fingerprint density at radius 3 is 2.78 bits per heavy atom. The maximum absolute atomic E-state index is 9.79. The lowest BCUT2D eigenvalue weighted by Gasteiger charge is -2.18. The minimum Gasteiger partial charge on any atom is -0.487 e. The fourth-order valence-electron chi connectivity index (χ4n) is 3.89. The predicted octanol–water partition coefficient (Wildman–Crippen LogP) is 5.23. The molecule has 0 saturated carbocycles. The van der Waals surface area contributed by atoms with E-state index in [2.05, 4.69) is 21.4 Å². The van der Waals surface area contributed by atoms with Crippen molar-refractivity contribution >= 4 is 33.9 Å². The minimum absolute atomic E-state index is 0.0878. The monoisotopic (exact) mass is 518 g/mol. The third kappa shape index (κ3) is 5.67. The average Bonchev–Trinajstić information content (AvgIpc) is 3.43. The molecule has 2 aromatic carbocycles. The van der Waals surface area contributed by atoms with Gasteiger partial charge in [0.05, 0.1) is 41.6 Å². The van der Waals surface area contributed by atoms with Crippen molar-refractivity contribution in [3.8, 4) is 29.2 Å². The maximum atomic E-state index is 9.79. The van der Waals surface area contributed by atoms with Crippen molar-refractivity contribution in [2.75, 3.05) is 31.7 Å². The lowest BCUT2D eigenvalue weighted by Crippen LogP contribution is -2.16. The molecule has 1 unspecified atom stereocenters. The number of anilines is 2. The predicted molar refractivity (Wildman–Crippen MR) is 138 cm³/mol. The van der Waals surface area contributed by atoms with Gasteiger partial charge in [-0.05, 0) is 30.3 Å². The van der Waals surface area contributed by atoms with Crippen LogP contribution in [0.5, 0.6) is 23.1 Å². The summed E-state index contributed by atoms with van der Waals surface area (Å²) < 4.78 is 23.1. The number of nitrogens with zero attached hydrogens (tertiary/aromatic N) is 3. The quantitative estimate of drug-likeness (QED) is 0.307. The van der Waals surface area contributed by atoms with Crippen LogP contribution in [-0.2, 0) is 4.74 Å². The molecule has 1 aliphatic heterocycles. The molecule has 1 atom stereocenters. The zero-order valence-electron chi connectivity index (χ0n) is 19.7. The first-order valence-electron chi connectivity index (χ1n) is 11.6. The Morgan fingerprint density at radius 1 is 1.14 bits per heavy atom. The maximum Gasteiger partial charge on any atom is 0.219 e. The molecule has 0 spiro atoms. The van der Waals surface area contributed by atoms with Crippen molar-refractivity contribution in [3.05, 3.63) is 71.5 Å². The minimum atomic E-state index is -0.156. The van der Waals surface area contributed by atoms with Gasteiger partial charge in [0.15, 0.2) is 11.5 Å². The van der Waals surface area contributed by atoms with Gasteiger partial charge in [-0.2, -0.15) is 5.26 Å². The van der Waals surface area contributed by atoms with Crippen LogP contribution in [0.25, 0.3) is 10.9 Å². The van der Waals surface area contributed by atoms with Crippen LogP contribution in [0, 0.1) is 11.3 Å². The summed E-state index contributed by atoms with van der Waals surface area (Å²) in [7, 11) is 0. The molecule has 37 heavy (non-hydrogen) atoms. The molecule has 10 heteroatoms. The first-order chi connectivity index (χ1) is 18.1. The van der Waals surface area contributed by atoms with Crippen molar-refractivity contribution < 1.29 is 24.1 Å². The van der Waals surface area contributed by atoms with Crippen LogP contribution >= 0.6 is 11.6 Å². The van der Waals surface area contributed by atoms with E-state index in [0.717, 1.165) is 6.42 Å². The second-order valence-electron chi connectivity index (χ2n) is 8.19. The number of pyridine rings is 2. The Hall–Kier alpha value is -4.10. The van der Waals surface area contributed by atoms with Gasteiger partial charge in [-0.15, -0.1) is 0 Å². The molecular formula is C27H23ClN4O5. The molecule has 2 aromatic heterocycles. The van der Waals surface area contributed by atoms with E-state index < -0.39 is 0 Å². The smallest absolute Gasteiger partial charge is 0.219 e. The Kier molecular flexibility index (Phi) is 7.51. The van der Waals surface area contributed by atoms with Gasteiger partial charge in [-0.25, -0.2) is 4.98 Å². The van der Waals surface area contributed by atoms with Gasteiger partial charge in [-0.3, -0.25) is 4.98 Å². The number of ether oxygens (including phenoxy) is 4. The average molecular weight is 519 g/mol. The molecule has 1 saturated heterocycles. The number of rotatable bonds is 9. The highest BCUT2D eigenvalue weighted by Crippen LogP contribution is 2.39. The zero-order chi connectivity index (χ0) is 25.6. The number of aliphatic hydroxyl groups is 1. The van der Waals surface area contributed by atoms with Crippen molar-refractivity contribution in [2.24, 2.45) is 0 Å². The Labute approximate surface area is 218 Å². The largest absolute Gasteiger partial charge is 0.487 e. The number of benzene rings is 2. The van der Waals surface area contributed by atoms with E-state index in [1.165, 1.54) is 6.20 Å². The van der Waals surface area contributed by atoms with Gasteiger partial charge in [0.1, 0.15) is 24.5 Å². The van der Waals surface area contributed by atoms with Gasteiger partial charge >= 0.3 is 0 Å². The number of nitrogens with one attached hydrogen (secondary N) is 1. The van der Waals surface area contributed by atoms with Crippen molar-refractivity contribution in [1.29, 1.82) is 5.26 Å². The number of hydrogen-bond acceptors (Lipinski definition) is 9. The van der Waals surface area contributed by atoms with Gasteiger partial charge in [0.2, 0.25) is 5.88 Å². The highest BCUT2D eigenvalue weighted by atomic mass is 35.5. The molecule has 0 bridgehead atoms. The first kappa shape index (κ1) is 24.6. The summed E-state index contributed by atoms with van der Waals surface area (Å²) in [6, 6.07) is 16.3. The van der Waals surface area contributed by atoms with Crippen LogP contribution in [0.3, 0.4) is 0 Å². The van der Waals surface area contributed by atoms with Gasteiger partial charge in [0.25, 0.3) is 0 Å². The molecule has 1 fully saturated rings. The second kappa shape index (κ2) is 11.3. The van der Waals surface area contributed by atoms with Crippen LogP contribution in [0.4, 0.5) is 11.4 Å². The van der Waals surface area contributed by atoms with Crippen molar-refractivity contribution in [2.45, 2.75) is 12.5 Å². The lowest BCUT2D eigenvalue weighted by atomic mass is 10.1. The van der Waals surface area contributed by atoms with Gasteiger partial charge < -0.3 is 29.4 Å². The topological polar surface area (TPSA) is 119 Å². The highest BCUT2D eigenvalue weighted by Gasteiger charge is 2.21. The number of aliphatic hydroxyl groups excluding tert-OH is 1. The second-order valence-corrected chi connectivity index (χ2v) is 8.60. The summed E-state index contributed by atoms with van der Waals surface area (Å²) >= 11 is 6.48. The van der Waals surface area contributed by atoms with Gasteiger partial charge in [-0.1, -0.05) is 17.7 Å². The van der Waals surface area contributed by atoms with Crippen LogP contribution in [-0.4, -0.2) is 47.6 Å². The van der Waals surface area contributed by atoms with Crippen molar-refractivity contribution in [3.63, 3.8) is 0 Å². The van der Waals surface area contributed by atoms with E-state index in [-0.39, 0.29) is 19.3 Å².